The van der Waals surface area contributed by atoms with Crippen LogP contribution in [0.1, 0.15) is 0 Å². The molecule has 3 nitrogen and oxygen atoms in total. The fourth-order valence-corrected chi connectivity index (χ4v) is 10.1. The first kappa shape index (κ1) is 33.8. The van der Waals surface area contributed by atoms with E-state index in [1.54, 1.807) is 0 Å². The van der Waals surface area contributed by atoms with Gasteiger partial charge in [-0.15, -0.1) is 0 Å². The SMILES string of the molecule is c1ccc(-n2c3ccccc3c3c(-c4ccc(-c5ccc6c(c5)c5ccccc5n6-c5ccc(-c6cccc7c6oc6ccccc67)cc5)c5ccccc45)cccc32)cc1. The zero-order chi connectivity index (χ0) is 40.0. The fraction of sp³-hybridized carbons (Fsp3) is 0. The zero-order valence-corrected chi connectivity index (χ0v) is 33.1. The number of fused-ring (bicyclic) bond motifs is 10. The zero-order valence-electron chi connectivity index (χ0n) is 33.1. The number of hydrogen-bond acceptors (Lipinski definition) is 1. The minimum absolute atomic E-state index is 0.913. The molecule has 0 fully saturated rings. The Morgan fingerprint density at radius 3 is 1.64 bits per heavy atom. The molecular formula is C58H36N2O. The second-order valence-electron chi connectivity index (χ2n) is 16.0. The molecule has 0 atom stereocenters. The summed E-state index contributed by atoms with van der Waals surface area (Å²) in [5.74, 6) is 0. The lowest BCUT2D eigenvalue weighted by Crippen LogP contribution is -1.94. The van der Waals surface area contributed by atoms with Crippen molar-refractivity contribution in [3.63, 3.8) is 0 Å². The van der Waals surface area contributed by atoms with E-state index in [9.17, 15) is 0 Å². The number of nitrogens with zero attached hydrogens (tertiary/aromatic N) is 2. The summed E-state index contributed by atoms with van der Waals surface area (Å²) < 4.78 is 11.2. The molecular weight excluding hydrogens is 741 g/mol. The van der Waals surface area contributed by atoms with E-state index in [4.69, 9.17) is 4.42 Å². The average molecular weight is 777 g/mol. The van der Waals surface area contributed by atoms with E-state index < -0.39 is 0 Å². The van der Waals surface area contributed by atoms with Crippen molar-refractivity contribution in [1.29, 1.82) is 0 Å². The van der Waals surface area contributed by atoms with Crippen molar-refractivity contribution >= 4 is 76.3 Å². The Balaban J connectivity index is 0.941. The van der Waals surface area contributed by atoms with Gasteiger partial charge >= 0.3 is 0 Å². The van der Waals surface area contributed by atoms with E-state index in [2.05, 4.69) is 215 Å². The van der Waals surface area contributed by atoms with Crippen molar-refractivity contribution in [1.82, 2.24) is 9.13 Å². The Bertz CT molecular complexity index is 3860. The molecule has 0 bridgehead atoms. The van der Waals surface area contributed by atoms with Crippen molar-refractivity contribution < 1.29 is 4.42 Å². The first-order valence-electron chi connectivity index (χ1n) is 20.9. The van der Waals surface area contributed by atoms with Crippen LogP contribution in [0.25, 0.3) is 121 Å². The molecule has 0 saturated carbocycles. The van der Waals surface area contributed by atoms with E-state index in [0.29, 0.717) is 0 Å². The average Bonchev–Trinajstić information content (AvgIpc) is 3.99. The van der Waals surface area contributed by atoms with Gasteiger partial charge in [-0.2, -0.15) is 0 Å². The maximum Gasteiger partial charge on any atom is 0.143 e. The molecule has 0 saturated heterocycles. The van der Waals surface area contributed by atoms with Crippen LogP contribution in [0.3, 0.4) is 0 Å². The van der Waals surface area contributed by atoms with E-state index in [-0.39, 0.29) is 0 Å². The largest absolute Gasteiger partial charge is 0.455 e. The smallest absolute Gasteiger partial charge is 0.143 e. The lowest BCUT2D eigenvalue weighted by molar-refractivity contribution is 0.670. The summed E-state index contributed by atoms with van der Waals surface area (Å²) in [6, 6.07) is 79.2. The highest BCUT2D eigenvalue weighted by atomic mass is 16.3. The van der Waals surface area contributed by atoms with Gasteiger partial charge < -0.3 is 13.6 Å². The molecule has 13 aromatic rings. The monoisotopic (exact) mass is 776 g/mol. The quantitative estimate of drug-likeness (QED) is 0.171. The summed E-state index contributed by atoms with van der Waals surface area (Å²) in [5.41, 5.74) is 16.0. The molecule has 61 heavy (non-hydrogen) atoms. The van der Waals surface area contributed by atoms with Crippen LogP contribution in [0.15, 0.2) is 223 Å². The molecule has 0 radical (unpaired) electrons. The summed E-state index contributed by atoms with van der Waals surface area (Å²) >= 11 is 0. The van der Waals surface area contributed by atoms with Gasteiger partial charge in [-0.1, -0.05) is 158 Å². The molecule has 0 aliphatic carbocycles. The number of para-hydroxylation sites is 5. The third-order valence-electron chi connectivity index (χ3n) is 12.8. The molecule has 13 rings (SSSR count). The fourth-order valence-electron chi connectivity index (χ4n) is 10.1. The summed E-state index contributed by atoms with van der Waals surface area (Å²) in [6.07, 6.45) is 0. The first-order chi connectivity index (χ1) is 30.3. The lowest BCUT2D eigenvalue weighted by Gasteiger charge is -2.14. The lowest BCUT2D eigenvalue weighted by atomic mass is 9.90. The van der Waals surface area contributed by atoms with E-state index in [1.807, 2.05) is 12.1 Å². The molecule has 3 aromatic heterocycles. The summed E-state index contributed by atoms with van der Waals surface area (Å²) in [5, 5.41) is 9.76. The third-order valence-corrected chi connectivity index (χ3v) is 12.8. The van der Waals surface area contributed by atoms with Crippen LogP contribution in [0.2, 0.25) is 0 Å². The van der Waals surface area contributed by atoms with E-state index >= 15 is 0 Å². The van der Waals surface area contributed by atoms with Crippen LogP contribution >= 0.6 is 0 Å². The number of hydrogen-bond donors (Lipinski definition) is 0. The van der Waals surface area contributed by atoms with Gasteiger partial charge in [-0.05, 0) is 99.3 Å². The highest BCUT2D eigenvalue weighted by Crippen LogP contribution is 2.44. The van der Waals surface area contributed by atoms with Crippen LogP contribution < -0.4 is 0 Å². The van der Waals surface area contributed by atoms with Crippen LogP contribution in [0, 0.1) is 0 Å². The predicted molar refractivity (Wildman–Crippen MR) is 256 cm³/mol. The molecule has 0 aliphatic heterocycles. The van der Waals surface area contributed by atoms with Crippen LogP contribution in [0.5, 0.6) is 0 Å². The van der Waals surface area contributed by atoms with Gasteiger partial charge in [0.25, 0.3) is 0 Å². The molecule has 0 spiro atoms. The van der Waals surface area contributed by atoms with Crippen molar-refractivity contribution in [2.24, 2.45) is 0 Å². The summed E-state index contributed by atoms with van der Waals surface area (Å²) in [4.78, 5) is 0. The molecule has 284 valence electrons. The molecule has 3 heterocycles. The van der Waals surface area contributed by atoms with Gasteiger partial charge in [-0.3, -0.25) is 0 Å². The van der Waals surface area contributed by atoms with Crippen LogP contribution in [-0.4, -0.2) is 9.13 Å². The third kappa shape index (κ3) is 5.04. The Labute approximate surface area is 351 Å². The van der Waals surface area contributed by atoms with Gasteiger partial charge in [0, 0.05) is 49.3 Å². The van der Waals surface area contributed by atoms with Crippen molar-refractivity contribution in [2.75, 3.05) is 0 Å². The topological polar surface area (TPSA) is 23.0 Å². The molecule has 10 aromatic carbocycles. The molecule has 0 unspecified atom stereocenters. The standard InChI is InChI=1S/C58H36N2O/c1-2-14-39(15-3-1)60-53-25-10-7-20-50(53)57-48(22-13-26-55(57)60)45-34-33-41(43-16-4-5-17-44(43)45)38-30-35-54-51(36-38)46-18-6-9-24-52(46)59(54)40-31-28-37(29-32-40)42-21-12-23-49-47-19-8-11-27-56(47)61-58(42)49/h1-36H. The van der Waals surface area contributed by atoms with Crippen LogP contribution in [-0.2, 0) is 0 Å². The van der Waals surface area contributed by atoms with Gasteiger partial charge in [-0.25, -0.2) is 0 Å². The highest BCUT2D eigenvalue weighted by Gasteiger charge is 2.20. The summed E-state index contributed by atoms with van der Waals surface area (Å²) in [6.45, 7) is 0. The Hall–Kier alpha value is -8.14. The Kier molecular flexibility index (Phi) is 7.31. The number of rotatable bonds is 5. The maximum atomic E-state index is 6.40. The van der Waals surface area contributed by atoms with Gasteiger partial charge in [0.05, 0.1) is 22.1 Å². The molecule has 0 aliphatic rings. The molecule has 3 heteroatoms. The van der Waals surface area contributed by atoms with Crippen molar-refractivity contribution in [3.8, 4) is 44.8 Å². The second-order valence-corrected chi connectivity index (χ2v) is 16.0. The second kappa shape index (κ2) is 13.2. The minimum Gasteiger partial charge on any atom is -0.455 e. The Morgan fingerprint density at radius 2 is 0.820 bits per heavy atom. The highest BCUT2D eigenvalue weighted by molar-refractivity contribution is 6.19. The molecule has 0 amide bonds. The normalized spacial score (nSPS) is 11.9. The van der Waals surface area contributed by atoms with E-state index in [1.165, 1.54) is 76.6 Å². The Morgan fingerprint density at radius 1 is 0.279 bits per heavy atom. The number of furan rings is 1. The first-order valence-corrected chi connectivity index (χ1v) is 20.9. The van der Waals surface area contributed by atoms with Gasteiger partial charge in [0.2, 0.25) is 0 Å². The van der Waals surface area contributed by atoms with E-state index in [0.717, 1.165) is 44.4 Å². The number of aromatic nitrogens is 2. The number of benzene rings is 10. The minimum atomic E-state index is 0.913. The van der Waals surface area contributed by atoms with Gasteiger partial charge in [0.15, 0.2) is 0 Å². The van der Waals surface area contributed by atoms with Crippen molar-refractivity contribution in [3.05, 3.63) is 218 Å². The maximum absolute atomic E-state index is 6.40. The van der Waals surface area contributed by atoms with Crippen molar-refractivity contribution in [2.45, 2.75) is 0 Å². The molecule has 0 N–H and O–H groups in total. The van der Waals surface area contributed by atoms with Crippen LogP contribution in [0.4, 0.5) is 0 Å². The van der Waals surface area contributed by atoms with Gasteiger partial charge in [0.1, 0.15) is 11.2 Å². The summed E-state index contributed by atoms with van der Waals surface area (Å²) in [7, 11) is 0. The predicted octanol–water partition coefficient (Wildman–Crippen LogP) is 15.9.